The van der Waals surface area contributed by atoms with Crippen molar-refractivity contribution in [2.75, 3.05) is 19.8 Å². The Morgan fingerprint density at radius 2 is 0.770 bits per heavy atom. The molecule has 0 saturated carbocycles. The van der Waals surface area contributed by atoms with Crippen molar-refractivity contribution in [3.05, 3.63) is 71.8 Å². The van der Waals surface area contributed by atoms with E-state index in [1.54, 1.807) is 12.1 Å². The van der Waals surface area contributed by atoms with Crippen LogP contribution in [0.1, 0.15) is 76.1 Å². The molecule has 5 rings (SSSR count). The van der Waals surface area contributed by atoms with Crippen LogP contribution in [-0.4, -0.2) is 176 Å². The largest absolute Gasteiger partial charge is 0.463 e. The number of rotatable bonds is 19. The van der Waals surface area contributed by atoms with Crippen molar-refractivity contribution in [1.82, 2.24) is 10.6 Å². The predicted octanol–water partition coefficient (Wildman–Crippen LogP) is -0.131. The van der Waals surface area contributed by atoms with E-state index in [9.17, 15) is 53.1 Å². The highest BCUT2D eigenvalue weighted by Gasteiger charge is 2.59. The molecule has 3 heterocycles. The summed E-state index contributed by atoms with van der Waals surface area (Å²) in [4.78, 5) is 129. The third-order valence-electron chi connectivity index (χ3n) is 11.0. The van der Waals surface area contributed by atoms with Crippen LogP contribution in [-0.2, 0) is 99.9 Å². The number of aliphatic hydroxyl groups is 1. The molecule has 0 aliphatic carbocycles. The quantitative estimate of drug-likeness (QED) is 0.122. The second-order valence-corrected chi connectivity index (χ2v) is 16.9. The van der Waals surface area contributed by atoms with E-state index >= 15 is 0 Å². The minimum absolute atomic E-state index is 0.00814. The first kappa shape index (κ1) is 57.8. The third-order valence-corrected chi connectivity index (χ3v) is 11.0. The third kappa shape index (κ3) is 16.2. The lowest BCUT2D eigenvalue weighted by molar-refractivity contribution is -0.356. The fourth-order valence-corrected chi connectivity index (χ4v) is 8.14. The van der Waals surface area contributed by atoms with Crippen LogP contribution in [0.25, 0.3) is 0 Å². The van der Waals surface area contributed by atoms with E-state index < -0.39 is 171 Å². The molecule has 3 aliphatic rings. The zero-order chi connectivity index (χ0) is 54.4. The molecule has 0 spiro atoms. The van der Waals surface area contributed by atoms with E-state index in [1.807, 2.05) is 0 Å². The van der Waals surface area contributed by atoms with E-state index in [4.69, 9.17) is 61.6 Å². The summed E-state index contributed by atoms with van der Waals surface area (Å²) in [5.41, 5.74) is -0.0384. The molecule has 26 nitrogen and oxygen atoms in total. The zero-order valence-corrected chi connectivity index (χ0v) is 41.4. The second kappa shape index (κ2) is 26.7. The lowest BCUT2D eigenvalue weighted by Gasteiger charge is -2.51. The first-order valence-electron chi connectivity index (χ1n) is 23.0. The van der Waals surface area contributed by atoms with Crippen molar-refractivity contribution in [1.29, 1.82) is 0 Å². The topological polar surface area (TPSA) is 335 Å². The summed E-state index contributed by atoms with van der Waals surface area (Å²) >= 11 is 0. The number of nitrogens with one attached hydrogen (secondary N) is 2. The number of amides is 2. The average molecular weight is 1050 g/mol. The maximum absolute atomic E-state index is 14.0. The van der Waals surface area contributed by atoms with Gasteiger partial charge in [-0.15, -0.1) is 0 Å². The van der Waals surface area contributed by atoms with Gasteiger partial charge in [0.15, 0.2) is 49.4 Å². The summed E-state index contributed by atoms with van der Waals surface area (Å²) in [6.45, 7) is 6.15. The number of hydrogen-bond donors (Lipinski definition) is 3. The van der Waals surface area contributed by atoms with Gasteiger partial charge < -0.3 is 77.3 Å². The molecule has 3 fully saturated rings. The van der Waals surface area contributed by atoms with Gasteiger partial charge in [0.25, 0.3) is 0 Å². The van der Waals surface area contributed by atoms with Crippen LogP contribution < -0.4 is 10.6 Å². The van der Waals surface area contributed by atoms with Crippen LogP contribution in [0, 0.1) is 0 Å². The molecule has 2 aromatic carbocycles. The minimum Gasteiger partial charge on any atom is -0.463 e. The Balaban J connectivity index is 1.71. The Morgan fingerprint density at radius 1 is 0.419 bits per heavy atom. The maximum Gasteiger partial charge on any atom is 0.338 e. The van der Waals surface area contributed by atoms with Crippen LogP contribution in [0.5, 0.6) is 0 Å². The lowest BCUT2D eigenvalue weighted by Crippen LogP contribution is -2.72. The van der Waals surface area contributed by atoms with Crippen LogP contribution in [0.2, 0.25) is 0 Å². The van der Waals surface area contributed by atoms with Crippen LogP contribution in [0.3, 0.4) is 0 Å². The van der Waals surface area contributed by atoms with Crippen molar-refractivity contribution in [3.8, 4) is 0 Å². The number of ether oxygens (including phenoxy) is 13. The average Bonchev–Trinajstić information content (AvgIpc) is 3.32. The Morgan fingerprint density at radius 3 is 1.16 bits per heavy atom. The van der Waals surface area contributed by atoms with E-state index in [-0.39, 0.29) is 11.1 Å². The summed E-state index contributed by atoms with van der Waals surface area (Å²) < 4.78 is 76.3. The highest BCUT2D eigenvalue weighted by atomic mass is 16.8. The standard InChI is InChI=1S/C48H58N2O24/c1-22(51)49-35-40(67-29(8)58)37(65-27(6)56)33(20-63-25(4)54)70-48(35)74-41-36(50-23(2)52)47(69-34(21-64-26(5)55)38(41)66-28(7)57)73-39-32(19-62-24(3)53)68-46(61)43(72-45(60)31-17-13-10-14-18-31)42(39)71-44(59)30-15-11-9-12-16-30/h9-18,32-43,46-48,61H,19-21H2,1-8H3,(H,49,51)(H,50,52)/t32-,33-,34-,35-,36-,37-,38+,39-,40-,41-,42+,43-,46-,47+,48+/m1/s1. The molecule has 0 bridgehead atoms. The Bertz CT molecular complexity index is 2330. The summed E-state index contributed by atoms with van der Waals surface area (Å²) in [5.74, 6) is -9.10. The molecule has 0 radical (unpaired) electrons. The van der Waals surface area contributed by atoms with E-state index in [2.05, 4.69) is 10.6 Å². The number of esters is 8. The van der Waals surface area contributed by atoms with E-state index in [1.165, 1.54) is 48.5 Å². The lowest BCUT2D eigenvalue weighted by atomic mass is 9.93. The van der Waals surface area contributed by atoms with Gasteiger partial charge in [-0.25, -0.2) is 9.59 Å². The van der Waals surface area contributed by atoms with Gasteiger partial charge in [0.1, 0.15) is 62.4 Å². The summed E-state index contributed by atoms with van der Waals surface area (Å²) in [7, 11) is 0. The first-order valence-corrected chi connectivity index (χ1v) is 23.0. The van der Waals surface area contributed by atoms with Crippen LogP contribution in [0.4, 0.5) is 0 Å². The molecule has 3 saturated heterocycles. The maximum atomic E-state index is 14.0. The van der Waals surface area contributed by atoms with E-state index in [0.29, 0.717) is 0 Å². The van der Waals surface area contributed by atoms with Gasteiger partial charge in [-0.05, 0) is 24.3 Å². The summed E-state index contributed by atoms with van der Waals surface area (Å²) in [6, 6.07) is 11.5. The number of carbonyl (C=O) groups is 10. The van der Waals surface area contributed by atoms with E-state index in [0.717, 1.165) is 55.4 Å². The molecular formula is C48H58N2O24. The highest BCUT2D eigenvalue weighted by Crippen LogP contribution is 2.37. The summed E-state index contributed by atoms with van der Waals surface area (Å²) in [5, 5.41) is 16.7. The molecule has 15 atom stereocenters. The van der Waals surface area contributed by atoms with Crippen molar-refractivity contribution in [2.24, 2.45) is 0 Å². The Kier molecular flexibility index (Phi) is 20.9. The number of aliphatic hydroxyl groups excluding tert-OH is 1. The van der Waals surface area contributed by atoms with Gasteiger partial charge >= 0.3 is 47.8 Å². The minimum atomic E-state index is -2.12. The molecule has 3 aliphatic heterocycles. The van der Waals surface area contributed by atoms with Crippen molar-refractivity contribution >= 4 is 59.6 Å². The molecule has 74 heavy (non-hydrogen) atoms. The number of carbonyl (C=O) groups excluding carboxylic acids is 10. The number of hydrogen-bond acceptors (Lipinski definition) is 24. The molecular weight excluding hydrogens is 989 g/mol. The zero-order valence-electron chi connectivity index (χ0n) is 41.4. The second-order valence-electron chi connectivity index (χ2n) is 16.9. The normalized spacial score (nSPS) is 29.4. The van der Waals surface area contributed by atoms with Crippen molar-refractivity contribution in [2.45, 2.75) is 147 Å². The van der Waals surface area contributed by atoms with Crippen molar-refractivity contribution in [3.63, 3.8) is 0 Å². The SMILES string of the molecule is CC(=O)N[C@H]1[C@H](O[C@H]2[C@H](OC(=O)c3ccccc3)[C@@H](OC(=O)c3ccccc3)[C@H](O)O[C@@H]2COC(C)=O)O[C@H](COC(C)=O)[C@H](OC(C)=O)[C@@H]1O[C@@H]1O[C@H](COC(C)=O)[C@@H](OC(C)=O)[C@H](OC(C)=O)[C@H]1NC(C)=O. The highest BCUT2D eigenvalue weighted by molar-refractivity contribution is 5.90. The monoisotopic (exact) mass is 1050 g/mol. The van der Waals surface area contributed by atoms with Gasteiger partial charge in [-0.3, -0.25) is 38.4 Å². The Labute approximate surface area is 423 Å². The molecule has 26 heteroatoms. The summed E-state index contributed by atoms with van der Waals surface area (Å²) in [6.07, 6.45) is -23.5. The molecule has 0 unspecified atom stereocenters. The van der Waals surface area contributed by atoms with Gasteiger partial charge in [0.05, 0.1) is 11.1 Å². The smallest absolute Gasteiger partial charge is 0.338 e. The molecule has 3 N–H and O–H groups in total. The predicted molar refractivity (Wildman–Crippen MR) is 241 cm³/mol. The van der Waals surface area contributed by atoms with Gasteiger partial charge in [-0.2, -0.15) is 0 Å². The van der Waals surface area contributed by atoms with Gasteiger partial charge in [0, 0.05) is 55.4 Å². The van der Waals surface area contributed by atoms with Gasteiger partial charge in [0.2, 0.25) is 11.8 Å². The van der Waals surface area contributed by atoms with Gasteiger partial charge in [-0.1, -0.05) is 36.4 Å². The molecule has 2 aromatic rings. The molecule has 0 aromatic heterocycles. The van der Waals surface area contributed by atoms with Crippen LogP contribution in [0.15, 0.2) is 60.7 Å². The van der Waals surface area contributed by atoms with Crippen LogP contribution >= 0.6 is 0 Å². The fraction of sp³-hybridized carbons (Fsp3) is 0.542. The Hall–Kier alpha value is -7.10. The van der Waals surface area contributed by atoms with Crippen molar-refractivity contribution < 1.29 is 115 Å². The molecule has 2 amide bonds. The molecule has 404 valence electrons. The number of benzene rings is 2. The fourth-order valence-electron chi connectivity index (χ4n) is 8.14. The first-order chi connectivity index (χ1) is 35.0.